The molecule has 19 heavy (non-hydrogen) atoms. The van der Waals surface area contributed by atoms with E-state index in [2.05, 4.69) is 4.90 Å². The molecule has 1 fully saturated rings. The van der Waals surface area contributed by atoms with Crippen LogP contribution in [0.5, 0.6) is 5.75 Å². The third kappa shape index (κ3) is 4.47. The first-order valence-corrected chi connectivity index (χ1v) is 6.67. The summed E-state index contributed by atoms with van der Waals surface area (Å²) < 4.78 is 5.52. The van der Waals surface area contributed by atoms with Crippen molar-refractivity contribution < 1.29 is 14.9 Å². The van der Waals surface area contributed by atoms with Crippen LogP contribution < -0.4 is 10.5 Å². The van der Waals surface area contributed by atoms with Gasteiger partial charge in [0.1, 0.15) is 18.5 Å². The smallest absolute Gasteiger partial charge is 0.119 e. The highest BCUT2D eigenvalue weighted by Gasteiger charge is 2.22. The normalized spacial score (nSPS) is 21.5. The molecule has 1 aromatic rings. The molecule has 1 aliphatic rings. The molecule has 1 aliphatic heterocycles. The van der Waals surface area contributed by atoms with Crippen LogP contribution in [0.3, 0.4) is 0 Å². The van der Waals surface area contributed by atoms with Crippen molar-refractivity contribution in [2.45, 2.75) is 25.2 Å². The SMILES string of the molecule is NCc1ccc(OCC(O)CN2CCC(O)C2)cc1. The number of nitrogens with zero attached hydrogens (tertiary/aromatic N) is 1. The molecule has 0 radical (unpaired) electrons. The molecule has 0 spiro atoms. The van der Waals surface area contributed by atoms with E-state index < -0.39 is 6.10 Å². The number of aliphatic hydroxyl groups excluding tert-OH is 2. The van der Waals surface area contributed by atoms with Crippen LogP contribution in [0.4, 0.5) is 0 Å². The number of benzene rings is 1. The lowest BCUT2D eigenvalue weighted by atomic mass is 10.2. The van der Waals surface area contributed by atoms with E-state index in [-0.39, 0.29) is 12.7 Å². The molecule has 4 N–H and O–H groups in total. The van der Waals surface area contributed by atoms with E-state index in [0.29, 0.717) is 19.6 Å². The minimum atomic E-state index is -0.542. The van der Waals surface area contributed by atoms with Crippen molar-refractivity contribution in [3.05, 3.63) is 29.8 Å². The zero-order chi connectivity index (χ0) is 13.7. The second kappa shape index (κ2) is 6.86. The number of nitrogens with two attached hydrogens (primary N) is 1. The summed E-state index contributed by atoms with van der Waals surface area (Å²) in [4.78, 5) is 2.05. The molecular weight excluding hydrogens is 244 g/mol. The number of aliphatic hydroxyl groups is 2. The first-order chi connectivity index (χ1) is 9.17. The summed E-state index contributed by atoms with van der Waals surface area (Å²) in [6.45, 7) is 2.79. The molecule has 2 unspecified atom stereocenters. The Balaban J connectivity index is 1.71. The van der Waals surface area contributed by atoms with Gasteiger partial charge in [-0.1, -0.05) is 12.1 Å². The highest BCUT2D eigenvalue weighted by molar-refractivity contribution is 5.27. The highest BCUT2D eigenvalue weighted by Crippen LogP contribution is 2.13. The number of hydrogen-bond acceptors (Lipinski definition) is 5. The quantitative estimate of drug-likeness (QED) is 0.673. The maximum Gasteiger partial charge on any atom is 0.119 e. The maximum absolute atomic E-state index is 9.89. The average molecular weight is 266 g/mol. The molecule has 1 aromatic carbocycles. The summed E-state index contributed by atoms with van der Waals surface area (Å²) in [5.41, 5.74) is 6.57. The van der Waals surface area contributed by atoms with E-state index in [1.54, 1.807) is 0 Å². The van der Waals surface area contributed by atoms with Crippen molar-refractivity contribution in [1.82, 2.24) is 4.90 Å². The molecule has 5 heteroatoms. The fourth-order valence-electron chi connectivity index (χ4n) is 2.24. The number of rotatable bonds is 6. The van der Waals surface area contributed by atoms with Crippen molar-refractivity contribution in [3.63, 3.8) is 0 Å². The Morgan fingerprint density at radius 1 is 1.37 bits per heavy atom. The summed E-state index contributed by atoms with van der Waals surface area (Å²) in [6, 6.07) is 7.54. The van der Waals surface area contributed by atoms with Gasteiger partial charge in [0, 0.05) is 26.2 Å². The van der Waals surface area contributed by atoms with Crippen LogP contribution in [0.1, 0.15) is 12.0 Å². The summed E-state index contributed by atoms with van der Waals surface area (Å²) in [5.74, 6) is 0.734. The Morgan fingerprint density at radius 2 is 2.11 bits per heavy atom. The molecule has 1 heterocycles. The molecule has 0 amide bonds. The van der Waals surface area contributed by atoms with Crippen LogP contribution in [0.15, 0.2) is 24.3 Å². The first kappa shape index (κ1) is 14.3. The Labute approximate surface area is 113 Å². The molecule has 2 rings (SSSR count). The van der Waals surface area contributed by atoms with Gasteiger partial charge in [0.05, 0.1) is 6.10 Å². The van der Waals surface area contributed by atoms with E-state index >= 15 is 0 Å². The van der Waals surface area contributed by atoms with Gasteiger partial charge < -0.3 is 20.7 Å². The summed E-state index contributed by atoms with van der Waals surface area (Å²) in [5, 5.41) is 19.3. The number of ether oxygens (including phenoxy) is 1. The Bertz CT molecular complexity index is 383. The number of hydrogen-bond donors (Lipinski definition) is 3. The lowest BCUT2D eigenvalue weighted by Crippen LogP contribution is -2.34. The zero-order valence-electron chi connectivity index (χ0n) is 11.0. The highest BCUT2D eigenvalue weighted by atomic mass is 16.5. The van der Waals surface area contributed by atoms with Gasteiger partial charge in [-0.3, -0.25) is 4.90 Å². The van der Waals surface area contributed by atoms with Crippen molar-refractivity contribution in [3.8, 4) is 5.75 Å². The van der Waals surface area contributed by atoms with Crippen molar-refractivity contribution in [2.75, 3.05) is 26.2 Å². The number of likely N-dealkylation sites (tertiary alicyclic amines) is 1. The zero-order valence-corrected chi connectivity index (χ0v) is 11.0. The summed E-state index contributed by atoms with van der Waals surface area (Å²) in [6.07, 6.45) is -0.00915. The summed E-state index contributed by atoms with van der Waals surface area (Å²) in [7, 11) is 0. The van der Waals surface area contributed by atoms with Crippen molar-refractivity contribution in [1.29, 1.82) is 0 Å². The van der Waals surface area contributed by atoms with Gasteiger partial charge in [0.15, 0.2) is 0 Å². The van der Waals surface area contributed by atoms with Gasteiger partial charge in [0.2, 0.25) is 0 Å². The van der Waals surface area contributed by atoms with E-state index in [0.717, 1.165) is 24.3 Å². The fourth-order valence-corrected chi connectivity index (χ4v) is 2.24. The third-order valence-electron chi connectivity index (χ3n) is 3.32. The van der Waals surface area contributed by atoms with E-state index in [1.807, 2.05) is 24.3 Å². The second-order valence-electron chi connectivity index (χ2n) is 5.01. The van der Waals surface area contributed by atoms with Crippen LogP contribution in [0.2, 0.25) is 0 Å². The van der Waals surface area contributed by atoms with Crippen LogP contribution in [0.25, 0.3) is 0 Å². The third-order valence-corrected chi connectivity index (χ3v) is 3.32. The van der Waals surface area contributed by atoms with Crippen molar-refractivity contribution in [2.24, 2.45) is 5.73 Å². The summed E-state index contributed by atoms with van der Waals surface area (Å²) >= 11 is 0. The Morgan fingerprint density at radius 3 is 2.68 bits per heavy atom. The molecular formula is C14H22N2O3. The van der Waals surface area contributed by atoms with Crippen LogP contribution in [-0.2, 0) is 6.54 Å². The molecule has 0 aromatic heterocycles. The molecule has 0 aliphatic carbocycles. The molecule has 0 saturated carbocycles. The van der Waals surface area contributed by atoms with Crippen LogP contribution >= 0.6 is 0 Å². The topological polar surface area (TPSA) is 79.0 Å². The predicted molar refractivity (Wildman–Crippen MR) is 72.9 cm³/mol. The first-order valence-electron chi connectivity index (χ1n) is 6.67. The molecule has 0 bridgehead atoms. The van der Waals surface area contributed by atoms with Gasteiger partial charge in [-0.25, -0.2) is 0 Å². The van der Waals surface area contributed by atoms with Gasteiger partial charge in [-0.15, -0.1) is 0 Å². The lowest BCUT2D eigenvalue weighted by Gasteiger charge is -2.19. The van der Waals surface area contributed by atoms with E-state index in [9.17, 15) is 10.2 Å². The molecule has 2 atom stereocenters. The molecule has 5 nitrogen and oxygen atoms in total. The predicted octanol–water partition coefficient (Wildman–Crippen LogP) is -0.0484. The Hall–Kier alpha value is -1.14. The van der Waals surface area contributed by atoms with E-state index in [4.69, 9.17) is 10.5 Å². The number of β-amino-alcohol motifs (C(OH)–C–C–N with tert-alkyl or cyclic N) is 2. The molecule has 1 saturated heterocycles. The second-order valence-corrected chi connectivity index (χ2v) is 5.01. The van der Waals surface area contributed by atoms with Crippen LogP contribution in [0, 0.1) is 0 Å². The average Bonchev–Trinajstić information content (AvgIpc) is 2.82. The fraction of sp³-hybridized carbons (Fsp3) is 0.571. The minimum Gasteiger partial charge on any atom is -0.491 e. The van der Waals surface area contributed by atoms with Gasteiger partial charge in [0.25, 0.3) is 0 Å². The van der Waals surface area contributed by atoms with Gasteiger partial charge >= 0.3 is 0 Å². The monoisotopic (exact) mass is 266 g/mol. The van der Waals surface area contributed by atoms with Gasteiger partial charge in [-0.05, 0) is 24.1 Å². The lowest BCUT2D eigenvalue weighted by molar-refractivity contribution is 0.0707. The van der Waals surface area contributed by atoms with Crippen molar-refractivity contribution >= 4 is 0 Å². The minimum absolute atomic E-state index is 0.253. The van der Waals surface area contributed by atoms with Crippen LogP contribution in [-0.4, -0.2) is 53.6 Å². The maximum atomic E-state index is 9.89. The Kier molecular flexibility index (Phi) is 5.15. The molecule has 106 valence electrons. The van der Waals surface area contributed by atoms with E-state index in [1.165, 1.54) is 0 Å². The largest absolute Gasteiger partial charge is 0.491 e. The standard InChI is InChI=1S/C14H22N2O3/c15-7-11-1-3-14(4-2-11)19-10-13(18)9-16-6-5-12(17)8-16/h1-4,12-13,17-18H,5-10,15H2. The van der Waals surface area contributed by atoms with Gasteiger partial charge in [-0.2, -0.15) is 0 Å².